The average molecular weight is 214 g/mol. The molecule has 0 saturated carbocycles. The van der Waals surface area contributed by atoms with Crippen LogP contribution in [0.5, 0.6) is 0 Å². The Kier molecular flexibility index (Phi) is 3.83. The molecule has 1 nitrogen and oxygen atoms in total. The van der Waals surface area contributed by atoms with Crippen molar-refractivity contribution in [3.05, 3.63) is 41.0 Å². The third-order valence-corrected chi connectivity index (χ3v) is 1.86. The highest BCUT2D eigenvalue weighted by atomic mass is 32.1. The SMILES string of the molecule is O=Cc1cc(F)c(C=CCS)cc1F. The second-order valence-corrected chi connectivity index (χ2v) is 2.96. The van der Waals surface area contributed by atoms with Crippen molar-refractivity contribution >= 4 is 25.0 Å². The third-order valence-electron chi connectivity index (χ3n) is 1.65. The highest BCUT2D eigenvalue weighted by molar-refractivity contribution is 7.80. The van der Waals surface area contributed by atoms with Crippen LogP contribution in [0.25, 0.3) is 6.08 Å². The quantitative estimate of drug-likeness (QED) is 0.604. The van der Waals surface area contributed by atoms with Gasteiger partial charge in [0.05, 0.1) is 5.56 Å². The Morgan fingerprint density at radius 1 is 1.21 bits per heavy atom. The van der Waals surface area contributed by atoms with Crippen LogP contribution in [-0.4, -0.2) is 12.0 Å². The molecule has 1 aromatic rings. The van der Waals surface area contributed by atoms with Crippen molar-refractivity contribution in [1.82, 2.24) is 0 Å². The van der Waals surface area contributed by atoms with Gasteiger partial charge in [0.15, 0.2) is 6.29 Å². The van der Waals surface area contributed by atoms with Gasteiger partial charge in [0, 0.05) is 11.3 Å². The first-order chi connectivity index (χ1) is 6.69. The van der Waals surface area contributed by atoms with Crippen LogP contribution in [0.15, 0.2) is 18.2 Å². The fraction of sp³-hybridized carbons (Fsp3) is 0.100. The van der Waals surface area contributed by atoms with E-state index < -0.39 is 11.6 Å². The number of aldehydes is 1. The van der Waals surface area contributed by atoms with E-state index in [4.69, 9.17) is 0 Å². The van der Waals surface area contributed by atoms with E-state index in [0.29, 0.717) is 5.75 Å². The number of rotatable bonds is 3. The molecular weight excluding hydrogens is 206 g/mol. The smallest absolute Gasteiger partial charge is 0.153 e. The van der Waals surface area contributed by atoms with Crippen molar-refractivity contribution in [3.63, 3.8) is 0 Å². The molecule has 0 amide bonds. The summed E-state index contributed by atoms with van der Waals surface area (Å²) in [4.78, 5) is 10.3. The molecule has 0 aliphatic heterocycles. The zero-order valence-electron chi connectivity index (χ0n) is 7.21. The van der Waals surface area contributed by atoms with Crippen LogP contribution in [0.3, 0.4) is 0 Å². The summed E-state index contributed by atoms with van der Waals surface area (Å²) in [5.74, 6) is -0.900. The van der Waals surface area contributed by atoms with Gasteiger partial charge in [-0.2, -0.15) is 12.6 Å². The molecule has 0 aliphatic carbocycles. The lowest BCUT2D eigenvalue weighted by Crippen LogP contribution is -1.92. The number of benzene rings is 1. The second kappa shape index (κ2) is 4.91. The van der Waals surface area contributed by atoms with Crippen LogP contribution in [0.4, 0.5) is 8.78 Å². The highest BCUT2D eigenvalue weighted by Crippen LogP contribution is 2.15. The van der Waals surface area contributed by atoms with Gasteiger partial charge in [0.2, 0.25) is 0 Å². The first-order valence-corrected chi connectivity index (χ1v) is 4.54. The Balaban J connectivity index is 3.14. The molecule has 0 saturated heterocycles. The molecule has 0 aromatic heterocycles. The zero-order valence-corrected chi connectivity index (χ0v) is 8.10. The van der Waals surface area contributed by atoms with Gasteiger partial charge >= 0.3 is 0 Å². The minimum atomic E-state index is -0.722. The van der Waals surface area contributed by atoms with E-state index in [2.05, 4.69) is 12.6 Å². The molecule has 0 bridgehead atoms. The Hall–Kier alpha value is -1.16. The van der Waals surface area contributed by atoms with E-state index in [1.165, 1.54) is 6.08 Å². The van der Waals surface area contributed by atoms with Gasteiger partial charge in [-0.3, -0.25) is 4.79 Å². The maximum Gasteiger partial charge on any atom is 0.153 e. The molecule has 0 atom stereocenters. The number of hydrogen-bond donors (Lipinski definition) is 1. The van der Waals surface area contributed by atoms with E-state index in [1.54, 1.807) is 6.08 Å². The largest absolute Gasteiger partial charge is 0.298 e. The van der Waals surface area contributed by atoms with Gasteiger partial charge in [-0.15, -0.1) is 0 Å². The van der Waals surface area contributed by atoms with Gasteiger partial charge in [-0.25, -0.2) is 8.78 Å². The Labute approximate surface area is 85.8 Å². The van der Waals surface area contributed by atoms with Gasteiger partial charge in [-0.05, 0) is 12.1 Å². The van der Waals surface area contributed by atoms with Crippen molar-refractivity contribution < 1.29 is 13.6 Å². The van der Waals surface area contributed by atoms with E-state index in [-0.39, 0.29) is 17.4 Å². The van der Waals surface area contributed by atoms with Gasteiger partial charge < -0.3 is 0 Å². The van der Waals surface area contributed by atoms with Crippen molar-refractivity contribution in [2.75, 3.05) is 5.75 Å². The number of halogens is 2. The van der Waals surface area contributed by atoms with Crippen LogP contribution < -0.4 is 0 Å². The first-order valence-electron chi connectivity index (χ1n) is 3.90. The summed E-state index contributed by atoms with van der Waals surface area (Å²) in [5.41, 5.74) is -0.160. The van der Waals surface area contributed by atoms with Crippen molar-refractivity contribution in [2.24, 2.45) is 0 Å². The van der Waals surface area contributed by atoms with E-state index >= 15 is 0 Å². The second-order valence-electron chi connectivity index (χ2n) is 2.60. The van der Waals surface area contributed by atoms with Gasteiger partial charge in [0.1, 0.15) is 11.6 Å². The summed E-state index contributed by atoms with van der Waals surface area (Å²) >= 11 is 3.89. The first kappa shape index (κ1) is 10.9. The summed E-state index contributed by atoms with van der Waals surface area (Å²) in [6.45, 7) is 0. The van der Waals surface area contributed by atoms with E-state index in [1.807, 2.05) is 0 Å². The average Bonchev–Trinajstić information content (AvgIpc) is 2.18. The summed E-state index contributed by atoms with van der Waals surface area (Å²) in [7, 11) is 0. The van der Waals surface area contributed by atoms with Gasteiger partial charge in [-0.1, -0.05) is 12.2 Å². The lowest BCUT2D eigenvalue weighted by molar-refractivity contribution is 0.111. The molecule has 1 aromatic carbocycles. The summed E-state index contributed by atoms with van der Waals surface area (Å²) < 4.78 is 26.1. The summed E-state index contributed by atoms with van der Waals surface area (Å²) in [6.07, 6.45) is 3.28. The minimum Gasteiger partial charge on any atom is -0.298 e. The van der Waals surface area contributed by atoms with Crippen molar-refractivity contribution in [1.29, 1.82) is 0 Å². The highest BCUT2D eigenvalue weighted by Gasteiger charge is 2.06. The number of hydrogen-bond acceptors (Lipinski definition) is 2. The molecule has 0 unspecified atom stereocenters. The van der Waals surface area contributed by atoms with Crippen LogP contribution in [-0.2, 0) is 0 Å². The molecule has 0 radical (unpaired) electrons. The van der Waals surface area contributed by atoms with Crippen LogP contribution in [0.1, 0.15) is 15.9 Å². The summed E-state index contributed by atoms with van der Waals surface area (Å²) in [5, 5.41) is 0. The lowest BCUT2D eigenvalue weighted by atomic mass is 10.1. The zero-order chi connectivity index (χ0) is 10.6. The fourth-order valence-corrected chi connectivity index (χ4v) is 1.08. The lowest BCUT2D eigenvalue weighted by Gasteiger charge is -1.99. The Morgan fingerprint density at radius 3 is 2.36 bits per heavy atom. The third kappa shape index (κ3) is 2.42. The normalized spacial score (nSPS) is 10.8. The molecule has 0 spiro atoms. The van der Waals surface area contributed by atoms with Gasteiger partial charge in [0.25, 0.3) is 0 Å². The molecule has 0 heterocycles. The van der Waals surface area contributed by atoms with E-state index in [9.17, 15) is 13.6 Å². The van der Waals surface area contributed by atoms with Crippen LogP contribution in [0, 0.1) is 11.6 Å². The van der Waals surface area contributed by atoms with E-state index in [0.717, 1.165) is 12.1 Å². The predicted molar refractivity (Wildman–Crippen MR) is 54.6 cm³/mol. The van der Waals surface area contributed by atoms with Crippen LogP contribution in [0.2, 0.25) is 0 Å². The molecule has 74 valence electrons. The fourth-order valence-electron chi connectivity index (χ4n) is 0.975. The number of thiol groups is 1. The van der Waals surface area contributed by atoms with Crippen molar-refractivity contribution in [2.45, 2.75) is 0 Å². The molecule has 4 heteroatoms. The van der Waals surface area contributed by atoms with Crippen LogP contribution >= 0.6 is 12.6 Å². The maximum atomic E-state index is 13.1. The molecule has 0 aliphatic rings. The Morgan fingerprint density at radius 2 is 1.79 bits per heavy atom. The molecule has 0 fully saturated rings. The molecule has 1 rings (SSSR count). The number of carbonyl (C=O) groups is 1. The Bertz CT molecular complexity index is 375. The topological polar surface area (TPSA) is 17.1 Å². The predicted octanol–water partition coefficient (Wildman–Crippen LogP) is 2.72. The number of carbonyl (C=O) groups excluding carboxylic acids is 1. The summed E-state index contributed by atoms with van der Waals surface area (Å²) in [6, 6.07) is 1.86. The molecular formula is C10H8F2OS. The molecule has 0 N–H and O–H groups in total. The maximum absolute atomic E-state index is 13.1. The standard InChI is InChI=1S/C10H8F2OS/c11-9-5-8(6-13)10(12)4-7(9)2-1-3-14/h1-2,4-6,14H,3H2. The minimum absolute atomic E-state index is 0.113. The monoisotopic (exact) mass is 214 g/mol. The molecule has 14 heavy (non-hydrogen) atoms. The van der Waals surface area contributed by atoms with Crippen molar-refractivity contribution in [3.8, 4) is 0 Å².